The molecule has 8 rings (SSSR count). The van der Waals surface area contributed by atoms with Gasteiger partial charge in [-0.25, -0.2) is 0 Å². The summed E-state index contributed by atoms with van der Waals surface area (Å²) in [6, 6.07) is 26.4. The summed E-state index contributed by atoms with van der Waals surface area (Å²) in [5.74, 6) is -2.47. The quantitative estimate of drug-likeness (QED) is 0.0541. The molecule has 1 aliphatic carbocycles. The standard InChI is InChI=1S/C61H78N10O8/c1-39(62-3)56(74)67-49(59(77)70-37-11-20-52(70)58(76)66-48-18-9-15-43-13-5-7-17-47(43)48)32-34-54(72)64-45-28-24-41(25-29-45)22-23-42-26-30-46(31-27-42)65-55(73)35-33-50(68-57(75)40(2)63-4)60(78)71-38-12-21-53(71)61(79)69-36-10-16-44-14-6-8-19-51(44)69/h5-8,13-14,17,19,24-31,39-40,48-50,52-53,62-63H,9-12,15-16,18,20-23,32-38H2,1-4H3,(H,64,72)(H,65,73)(H,66,76)(H,67,74)(H,68,75)/t39-,40-,48+,49-,50?,52-,53-/m0/s1. The Kier molecular flexibility index (Phi) is 20.0. The van der Waals surface area contributed by atoms with Crippen LogP contribution in [-0.4, -0.2) is 127 Å². The maximum atomic E-state index is 14.2. The highest BCUT2D eigenvalue weighted by molar-refractivity contribution is 6.02. The summed E-state index contributed by atoms with van der Waals surface area (Å²) in [6.07, 6.45) is 8.25. The number of rotatable bonds is 22. The minimum atomic E-state index is -1.01. The van der Waals surface area contributed by atoms with Gasteiger partial charge in [-0.05, 0) is 170 Å². The van der Waals surface area contributed by atoms with E-state index in [1.165, 1.54) is 5.56 Å². The van der Waals surface area contributed by atoms with Crippen LogP contribution in [0.3, 0.4) is 0 Å². The van der Waals surface area contributed by atoms with E-state index in [0.717, 1.165) is 60.0 Å². The van der Waals surface area contributed by atoms with Crippen molar-refractivity contribution in [1.29, 1.82) is 0 Å². The van der Waals surface area contributed by atoms with Crippen LogP contribution in [0, 0.1) is 0 Å². The zero-order valence-electron chi connectivity index (χ0n) is 46.1. The van der Waals surface area contributed by atoms with Gasteiger partial charge in [0.2, 0.25) is 47.3 Å². The highest BCUT2D eigenvalue weighted by Crippen LogP contribution is 2.32. The van der Waals surface area contributed by atoms with E-state index in [0.29, 0.717) is 69.5 Å². The number of amides is 8. The van der Waals surface area contributed by atoms with Crippen LogP contribution in [-0.2, 0) is 64.0 Å². The Morgan fingerprint density at radius 3 is 1.59 bits per heavy atom. The Morgan fingerprint density at radius 1 is 0.544 bits per heavy atom. The van der Waals surface area contributed by atoms with Crippen LogP contribution in [0.5, 0.6) is 0 Å². The highest BCUT2D eigenvalue weighted by Gasteiger charge is 2.42. The lowest BCUT2D eigenvalue weighted by molar-refractivity contribution is -0.142. The van der Waals surface area contributed by atoms with Crippen LogP contribution in [0.25, 0.3) is 0 Å². The third-order valence-corrected chi connectivity index (χ3v) is 16.1. The molecule has 420 valence electrons. The first-order valence-electron chi connectivity index (χ1n) is 28.3. The molecule has 18 nitrogen and oxygen atoms in total. The van der Waals surface area contributed by atoms with Crippen LogP contribution < -0.4 is 42.1 Å². The molecule has 0 saturated carbocycles. The highest BCUT2D eigenvalue weighted by atomic mass is 16.2. The Hall–Kier alpha value is -7.44. The molecule has 18 heteroatoms. The van der Waals surface area contributed by atoms with Gasteiger partial charge in [0.1, 0.15) is 24.2 Å². The van der Waals surface area contributed by atoms with E-state index in [1.807, 2.05) is 84.9 Å². The maximum absolute atomic E-state index is 14.2. The molecule has 3 aliphatic heterocycles. The summed E-state index contributed by atoms with van der Waals surface area (Å²) in [5, 5.41) is 20.6. The van der Waals surface area contributed by atoms with Gasteiger partial charge in [0.05, 0.1) is 18.1 Å². The van der Waals surface area contributed by atoms with Crippen molar-refractivity contribution in [2.45, 2.75) is 152 Å². The molecule has 4 aromatic carbocycles. The zero-order chi connectivity index (χ0) is 56.0. The van der Waals surface area contributed by atoms with Gasteiger partial charge in [-0.1, -0.05) is 66.7 Å². The molecule has 1 unspecified atom stereocenters. The van der Waals surface area contributed by atoms with E-state index in [2.05, 4.69) is 49.4 Å². The summed E-state index contributed by atoms with van der Waals surface area (Å²) >= 11 is 0. The largest absolute Gasteiger partial charge is 0.347 e. The van der Waals surface area contributed by atoms with Crippen molar-refractivity contribution in [2.75, 3.05) is 49.3 Å². The molecule has 2 fully saturated rings. The van der Waals surface area contributed by atoms with Crippen molar-refractivity contribution in [1.82, 2.24) is 36.4 Å². The van der Waals surface area contributed by atoms with Gasteiger partial charge < -0.3 is 51.9 Å². The Morgan fingerprint density at radius 2 is 1.04 bits per heavy atom. The molecular weight excluding hydrogens is 1000 g/mol. The number of carbonyl (C=O) groups is 8. The number of fused-ring (bicyclic) bond motifs is 2. The summed E-state index contributed by atoms with van der Waals surface area (Å²) < 4.78 is 0. The lowest BCUT2D eigenvalue weighted by Gasteiger charge is -2.35. The molecule has 79 heavy (non-hydrogen) atoms. The second kappa shape index (κ2) is 27.4. The number of hydrogen-bond donors (Lipinski definition) is 7. The Labute approximate surface area is 464 Å². The molecule has 7 atom stereocenters. The summed E-state index contributed by atoms with van der Waals surface area (Å²) in [6.45, 7) is 4.72. The second-order valence-electron chi connectivity index (χ2n) is 21.5. The van der Waals surface area contributed by atoms with Gasteiger partial charge in [0.15, 0.2) is 0 Å². The van der Waals surface area contributed by atoms with Crippen molar-refractivity contribution >= 4 is 64.3 Å². The van der Waals surface area contributed by atoms with Gasteiger partial charge in [0.25, 0.3) is 0 Å². The first-order valence-corrected chi connectivity index (χ1v) is 28.3. The first kappa shape index (κ1) is 57.7. The van der Waals surface area contributed by atoms with Crippen molar-refractivity contribution in [3.05, 3.63) is 125 Å². The number of nitrogens with one attached hydrogen (secondary N) is 7. The Balaban J connectivity index is 0.799. The fraction of sp³-hybridized carbons (Fsp3) is 0.475. The van der Waals surface area contributed by atoms with Gasteiger partial charge in [-0.3, -0.25) is 38.4 Å². The van der Waals surface area contributed by atoms with Crippen molar-refractivity contribution in [2.24, 2.45) is 0 Å². The van der Waals surface area contributed by atoms with Crippen LogP contribution in [0.15, 0.2) is 97.1 Å². The van der Waals surface area contributed by atoms with Crippen LogP contribution in [0.4, 0.5) is 17.1 Å². The van der Waals surface area contributed by atoms with Crippen LogP contribution in [0.2, 0.25) is 0 Å². The minimum absolute atomic E-state index is 0.0408. The second-order valence-corrected chi connectivity index (χ2v) is 21.5. The molecule has 8 amide bonds. The fourth-order valence-corrected chi connectivity index (χ4v) is 11.3. The van der Waals surface area contributed by atoms with E-state index >= 15 is 0 Å². The number of nitrogens with zero attached hydrogens (tertiary/aromatic N) is 3. The molecule has 7 N–H and O–H groups in total. The molecule has 0 bridgehead atoms. The van der Waals surface area contributed by atoms with E-state index in [-0.39, 0.29) is 79.0 Å². The first-order chi connectivity index (χ1) is 38.2. The van der Waals surface area contributed by atoms with Crippen molar-refractivity contribution < 1.29 is 38.4 Å². The average molecular weight is 1080 g/mol. The summed E-state index contributed by atoms with van der Waals surface area (Å²) in [5.41, 5.74) is 7.59. The van der Waals surface area contributed by atoms with Crippen molar-refractivity contribution in [3.8, 4) is 0 Å². The molecular formula is C61H78N10O8. The van der Waals surface area contributed by atoms with Crippen molar-refractivity contribution in [3.63, 3.8) is 0 Å². The van der Waals surface area contributed by atoms with E-state index in [1.54, 1.807) is 42.6 Å². The predicted molar refractivity (Wildman–Crippen MR) is 304 cm³/mol. The van der Waals surface area contributed by atoms with Gasteiger partial charge in [-0.15, -0.1) is 0 Å². The molecule has 0 spiro atoms. The number of likely N-dealkylation sites (tertiary alicyclic amines) is 2. The topological polar surface area (TPSA) is 230 Å². The van der Waals surface area contributed by atoms with Crippen LogP contribution in [0.1, 0.15) is 118 Å². The monoisotopic (exact) mass is 1080 g/mol. The van der Waals surface area contributed by atoms with Gasteiger partial charge in [0, 0.05) is 49.5 Å². The van der Waals surface area contributed by atoms with E-state index < -0.39 is 36.3 Å². The molecule has 4 aliphatic rings. The number of anilines is 3. The number of aryl methyl sites for hydroxylation is 4. The average Bonchev–Trinajstić information content (AvgIpc) is 4.25. The lowest BCUT2D eigenvalue weighted by atomic mass is 9.87. The predicted octanol–water partition coefficient (Wildman–Crippen LogP) is 5.25. The number of benzene rings is 4. The van der Waals surface area contributed by atoms with E-state index in [4.69, 9.17) is 0 Å². The third-order valence-electron chi connectivity index (χ3n) is 16.1. The smallest absolute Gasteiger partial charge is 0.249 e. The normalized spacial score (nSPS) is 19.2. The molecule has 0 aromatic heterocycles. The fourth-order valence-electron chi connectivity index (χ4n) is 11.3. The number of carbonyl (C=O) groups excluding carboxylic acids is 8. The molecule has 2 saturated heterocycles. The van der Waals surface area contributed by atoms with E-state index in [9.17, 15) is 38.4 Å². The number of likely N-dealkylation sites (N-methyl/N-ethyl adjacent to an activating group) is 2. The molecule has 0 radical (unpaired) electrons. The number of hydrogen-bond acceptors (Lipinski definition) is 10. The Bertz CT molecular complexity index is 2820. The third kappa shape index (κ3) is 14.8. The zero-order valence-corrected chi connectivity index (χ0v) is 46.1. The molecule has 3 heterocycles. The lowest BCUT2D eigenvalue weighted by Crippen LogP contribution is -2.56. The minimum Gasteiger partial charge on any atom is -0.347 e. The number of para-hydroxylation sites is 1. The molecule has 4 aromatic rings. The maximum Gasteiger partial charge on any atom is 0.249 e. The van der Waals surface area contributed by atoms with Crippen LogP contribution >= 0.6 is 0 Å². The summed E-state index contributed by atoms with van der Waals surface area (Å²) in [7, 11) is 3.31. The summed E-state index contributed by atoms with van der Waals surface area (Å²) in [4.78, 5) is 114. The van der Waals surface area contributed by atoms with Gasteiger partial charge >= 0.3 is 0 Å². The SMILES string of the molecule is CN[C@@H](C)C(=O)NC(CCC(=O)Nc1ccc(CCc2ccc(NC(=O)CC[C@H](NC(=O)[C@H](C)NC)C(=O)N3CCC[C@H]3C(=O)N[C@@H]3CCCc4ccccc43)cc2)cc1)C(=O)N1CCC[C@H]1C(=O)N1CCCc2ccccc21. The van der Waals surface area contributed by atoms with Gasteiger partial charge in [-0.2, -0.15) is 0 Å².